The Morgan fingerprint density at radius 2 is 2.15 bits per heavy atom. The predicted octanol–water partition coefficient (Wildman–Crippen LogP) is 2.05. The molecular formula is C13H19BrN2O4. The number of aliphatic carboxylic acids is 1. The lowest BCUT2D eigenvalue weighted by atomic mass is 10.2. The van der Waals surface area contributed by atoms with Crippen molar-refractivity contribution in [1.82, 2.24) is 9.88 Å². The fraction of sp³-hybridized carbons (Fsp3) is 0.538. The molecule has 0 saturated carbocycles. The van der Waals surface area contributed by atoms with Gasteiger partial charge in [-0.1, -0.05) is 0 Å². The lowest BCUT2D eigenvalue weighted by Crippen LogP contribution is -2.35. The minimum atomic E-state index is -0.959. The molecule has 0 aliphatic rings. The highest BCUT2D eigenvalue weighted by molar-refractivity contribution is 9.10. The number of methoxy groups -OCH3 is 1. The Bertz CT molecular complexity index is 485. The van der Waals surface area contributed by atoms with Gasteiger partial charge in [0.15, 0.2) is 0 Å². The van der Waals surface area contributed by atoms with Gasteiger partial charge in [-0.05, 0) is 35.8 Å². The first-order chi connectivity index (χ1) is 9.35. The Labute approximate surface area is 126 Å². The Morgan fingerprint density at radius 3 is 2.65 bits per heavy atom. The highest BCUT2D eigenvalue weighted by Gasteiger charge is 2.18. The van der Waals surface area contributed by atoms with Crippen LogP contribution in [0.4, 0.5) is 0 Å². The van der Waals surface area contributed by atoms with E-state index < -0.39 is 12.1 Å². The molecule has 0 aromatic carbocycles. The quantitative estimate of drug-likeness (QED) is 0.791. The molecule has 0 fully saturated rings. The van der Waals surface area contributed by atoms with Crippen LogP contribution in [-0.4, -0.2) is 41.3 Å². The van der Waals surface area contributed by atoms with E-state index in [0.717, 1.165) is 4.47 Å². The molecule has 1 unspecified atom stereocenters. The number of rotatable bonds is 7. The molecule has 7 heteroatoms. The molecule has 1 heterocycles. The van der Waals surface area contributed by atoms with E-state index in [1.807, 2.05) is 24.6 Å². The maximum atomic E-state index is 12.1. The average molecular weight is 347 g/mol. The zero-order valence-electron chi connectivity index (χ0n) is 11.7. The number of hydrogen-bond donors (Lipinski definition) is 2. The van der Waals surface area contributed by atoms with E-state index in [9.17, 15) is 9.59 Å². The lowest BCUT2D eigenvalue weighted by molar-refractivity contribution is -0.139. The van der Waals surface area contributed by atoms with Gasteiger partial charge in [0.2, 0.25) is 0 Å². The van der Waals surface area contributed by atoms with Gasteiger partial charge in [-0.2, -0.15) is 0 Å². The van der Waals surface area contributed by atoms with Crippen LogP contribution in [-0.2, 0) is 9.53 Å². The summed E-state index contributed by atoms with van der Waals surface area (Å²) in [4.78, 5) is 22.8. The van der Waals surface area contributed by atoms with E-state index >= 15 is 0 Å². The average Bonchev–Trinajstić information content (AvgIpc) is 2.76. The molecule has 112 valence electrons. The molecule has 0 radical (unpaired) electrons. The van der Waals surface area contributed by atoms with Crippen molar-refractivity contribution >= 4 is 27.8 Å². The van der Waals surface area contributed by atoms with Crippen LogP contribution in [0.15, 0.2) is 16.7 Å². The summed E-state index contributed by atoms with van der Waals surface area (Å²) in [6.45, 7) is 4.11. The van der Waals surface area contributed by atoms with Gasteiger partial charge in [0.25, 0.3) is 5.91 Å². The first-order valence-electron chi connectivity index (χ1n) is 6.25. The van der Waals surface area contributed by atoms with Gasteiger partial charge >= 0.3 is 5.97 Å². The Hall–Kier alpha value is -1.34. The summed E-state index contributed by atoms with van der Waals surface area (Å²) in [7, 11) is 1.42. The Kier molecular flexibility index (Phi) is 6.22. The van der Waals surface area contributed by atoms with Crippen molar-refractivity contribution < 1.29 is 19.4 Å². The van der Waals surface area contributed by atoms with Gasteiger partial charge in [-0.25, -0.2) is 0 Å². The second-order valence-corrected chi connectivity index (χ2v) is 5.63. The minimum absolute atomic E-state index is 0.147. The molecule has 1 atom stereocenters. The molecule has 0 aliphatic heterocycles. The minimum Gasteiger partial charge on any atom is -0.481 e. The van der Waals surface area contributed by atoms with E-state index in [0.29, 0.717) is 5.69 Å². The van der Waals surface area contributed by atoms with Crippen molar-refractivity contribution in [3.05, 3.63) is 22.4 Å². The number of aromatic nitrogens is 1. The fourth-order valence-corrected chi connectivity index (χ4v) is 2.22. The second-order valence-electron chi connectivity index (χ2n) is 4.71. The van der Waals surface area contributed by atoms with E-state index in [2.05, 4.69) is 21.2 Å². The molecule has 0 aliphatic carbocycles. The number of hydrogen-bond acceptors (Lipinski definition) is 3. The SMILES string of the molecule is COC(CNC(=O)c1cc(Br)cn1C(C)C)CC(=O)O. The van der Waals surface area contributed by atoms with Gasteiger partial charge in [-0.15, -0.1) is 0 Å². The first-order valence-corrected chi connectivity index (χ1v) is 7.04. The maximum absolute atomic E-state index is 12.1. The summed E-state index contributed by atoms with van der Waals surface area (Å²) in [5, 5.41) is 11.4. The third-order valence-corrected chi connectivity index (χ3v) is 3.26. The van der Waals surface area contributed by atoms with Crippen molar-refractivity contribution in [3.63, 3.8) is 0 Å². The van der Waals surface area contributed by atoms with Crippen LogP contribution in [0.5, 0.6) is 0 Å². The summed E-state index contributed by atoms with van der Waals surface area (Å²) >= 11 is 3.34. The van der Waals surface area contributed by atoms with E-state index in [-0.39, 0.29) is 24.9 Å². The highest BCUT2D eigenvalue weighted by Crippen LogP contribution is 2.19. The first kappa shape index (κ1) is 16.7. The molecule has 1 aromatic heterocycles. The van der Waals surface area contributed by atoms with Crippen molar-refractivity contribution in [1.29, 1.82) is 0 Å². The largest absolute Gasteiger partial charge is 0.481 e. The van der Waals surface area contributed by atoms with Gasteiger partial charge in [0, 0.05) is 30.4 Å². The molecule has 20 heavy (non-hydrogen) atoms. The monoisotopic (exact) mass is 346 g/mol. The molecule has 2 N–H and O–H groups in total. The predicted molar refractivity (Wildman–Crippen MR) is 77.9 cm³/mol. The molecule has 1 rings (SSSR count). The number of carbonyl (C=O) groups is 2. The number of carbonyl (C=O) groups excluding carboxylic acids is 1. The third kappa shape index (κ3) is 4.64. The standard InChI is InChI=1S/C13H19BrN2O4/c1-8(2)16-7-9(14)4-11(16)13(19)15-6-10(20-3)5-12(17)18/h4,7-8,10H,5-6H2,1-3H3,(H,15,19)(H,17,18). The van der Waals surface area contributed by atoms with Crippen LogP contribution in [0, 0.1) is 0 Å². The van der Waals surface area contributed by atoms with Crippen LogP contribution in [0.3, 0.4) is 0 Å². The van der Waals surface area contributed by atoms with Gasteiger partial charge in [0.1, 0.15) is 5.69 Å². The molecule has 0 saturated heterocycles. The van der Waals surface area contributed by atoms with E-state index in [1.54, 1.807) is 6.07 Å². The Morgan fingerprint density at radius 1 is 1.50 bits per heavy atom. The zero-order valence-corrected chi connectivity index (χ0v) is 13.3. The summed E-state index contributed by atoms with van der Waals surface area (Å²) in [6.07, 6.45) is 1.15. The summed E-state index contributed by atoms with van der Waals surface area (Å²) < 4.78 is 7.69. The number of halogens is 1. The number of carboxylic acids is 1. The lowest BCUT2D eigenvalue weighted by Gasteiger charge is -2.16. The van der Waals surface area contributed by atoms with Crippen LogP contribution in [0.2, 0.25) is 0 Å². The fourth-order valence-electron chi connectivity index (χ4n) is 1.79. The van der Waals surface area contributed by atoms with Crippen molar-refractivity contribution in [2.75, 3.05) is 13.7 Å². The van der Waals surface area contributed by atoms with Crippen LogP contribution < -0.4 is 5.32 Å². The van der Waals surface area contributed by atoms with Crippen molar-refractivity contribution in [2.45, 2.75) is 32.4 Å². The third-order valence-electron chi connectivity index (χ3n) is 2.83. The summed E-state index contributed by atoms with van der Waals surface area (Å²) in [5.41, 5.74) is 0.525. The topological polar surface area (TPSA) is 80.6 Å². The van der Waals surface area contributed by atoms with E-state index in [1.165, 1.54) is 7.11 Å². The smallest absolute Gasteiger partial charge is 0.306 e. The zero-order chi connectivity index (χ0) is 15.3. The number of ether oxygens (including phenoxy) is 1. The van der Waals surface area contributed by atoms with Gasteiger partial charge < -0.3 is 19.7 Å². The molecule has 1 aromatic rings. The number of nitrogens with zero attached hydrogens (tertiary/aromatic N) is 1. The van der Waals surface area contributed by atoms with Crippen LogP contribution in [0.25, 0.3) is 0 Å². The van der Waals surface area contributed by atoms with Crippen molar-refractivity contribution in [2.24, 2.45) is 0 Å². The number of amides is 1. The maximum Gasteiger partial charge on any atom is 0.306 e. The molecule has 0 bridgehead atoms. The molecule has 6 nitrogen and oxygen atoms in total. The van der Waals surface area contributed by atoms with Gasteiger partial charge in [0.05, 0.1) is 12.5 Å². The van der Waals surface area contributed by atoms with E-state index in [4.69, 9.17) is 9.84 Å². The number of nitrogens with one attached hydrogen (secondary N) is 1. The van der Waals surface area contributed by atoms with Gasteiger partial charge in [-0.3, -0.25) is 9.59 Å². The summed E-state index contributed by atoms with van der Waals surface area (Å²) in [6, 6.07) is 1.88. The van der Waals surface area contributed by atoms with Crippen LogP contribution >= 0.6 is 15.9 Å². The van der Waals surface area contributed by atoms with Crippen molar-refractivity contribution in [3.8, 4) is 0 Å². The summed E-state index contributed by atoms with van der Waals surface area (Å²) in [5.74, 6) is -1.21. The second kappa shape index (κ2) is 7.44. The Balaban J connectivity index is 2.69. The molecule has 0 spiro atoms. The normalized spacial score (nSPS) is 12.4. The molecular weight excluding hydrogens is 328 g/mol. The highest BCUT2D eigenvalue weighted by atomic mass is 79.9. The number of carboxylic acid groups (broad SMARTS) is 1. The van der Waals surface area contributed by atoms with Crippen LogP contribution in [0.1, 0.15) is 36.8 Å². The molecule has 1 amide bonds.